The Kier molecular flexibility index (Phi) is 9.74. The Morgan fingerprint density at radius 2 is 1.55 bits per heavy atom. The molecule has 0 saturated heterocycles. The van der Waals surface area contributed by atoms with Crippen molar-refractivity contribution in [3.63, 3.8) is 0 Å². The molecule has 0 aliphatic heterocycles. The zero-order chi connectivity index (χ0) is 14.5. The summed E-state index contributed by atoms with van der Waals surface area (Å²) in [5.41, 5.74) is 0.772. The molecule has 0 saturated carbocycles. The number of benzene rings is 1. The molecule has 0 radical (unpaired) electrons. The number of rotatable bonds is 12. The van der Waals surface area contributed by atoms with Gasteiger partial charge in [-0.2, -0.15) is 0 Å². The lowest BCUT2D eigenvalue weighted by molar-refractivity contribution is 0.0386. The van der Waals surface area contributed by atoms with Crippen molar-refractivity contribution in [3.05, 3.63) is 35.9 Å². The molecule has 20 heavy (non-hydrogen) atoms. The van der Waals surface area contributed by atoms with Crippen LogP contribution in [0.4, 0.5) is 0 Å². The molecular weight excluding hydrogens is 256 g/mol. The number of ketones is 1. The van der Waals surface area contributed by atoms with E-state index < -0.39 is 0 Å². The number of hydrogen-bond donors (Lipinski definition) is 0. The smallest absolute Gasteiger partial charge is 0.162 e. The van der Waals surface area contributed by atoms with Crippen LogP contribution < -0.4 is 0 Å². The summed E-state index contributed by atoms with van der Waals surface area (Å²) in [4.78, 5) is 11.8. The van der Waals surface area contributed by atoms with E-state index in [-0.39, 0.29) is 5.78 Å². The highest BCUT2D eigenvalue weighted by Crippen LogP contribution is 2.04. The number of hydrogen-bond acceptors (Lipinski definition) is 4. The highest BCUT2D eigenvalue weighted by atomic mass is 16.5. The van der Waals surface area contributed by atoms with Crippen molar-refractivity contribution >= 4 is 5.78 Å². The van der Waals surface area contributed by atoms with Gasteiger partial charge in [-0.1, -0.05) is 30.3 Å². The van der Waals surface area contributed by atoms with Crippen molar-refractivity contribution in [3.8, 4) is 0 Å². The van der Waals surface area contributed by atoms with Gasteiger partial charge in [0.1, 0.15) is 0 Å². The normalized spacial score (nSPS) is 10.7. The summed E-state index contributed by atoms with van der Waals surface area (Å²) < 4.78 is 15.7. The largest absolute Gasteiger partial charge is 0.385 e. The predicted octanol–water partition coefficient (Wildman–Crippen LogP) is 2.72. The first-order valence-electron chi connectivity index (χ1n) is 7.07. The third-order valence-electron chi connectivity index (χ3n) is 2.80. The van der Waals surface area contributed by atoms with Gasteiger partial charge in [0.05, 0.1) is 13.2 Å². The topological polar surface area (TPSA) is 44.8 Å². The van der Waals surface area contributed by atoms with E-state index in [2.05, 4.69) is 0 Å². The number of Topliss-reactive ketones (excluding diaryl/α,β-unsaturated/α-hetero) is 1. The van der Waals surface area contributed by atoms with Crippen LogP contribution >= 0.6 is 0 Å². The van der Waals surface area contributed by atoms with Gasteiger partial charge < -0.3 is 14.2 Å². The van der Waals surface area contributed by atoms with E-state index in [4.69, 9.17) is 14.2 Å². The summed E-state index contributed by atoms with van der Waals surface area (Å²) in [6.07, 6.45) is 2.18. The predicted molar refractivity (Wildman–Crippen MR) is 78.1 cm³/mol. The summed E-state index contributed by atoms with van der Waals surface area (Å²) in [5.74, 6) is 0.171. The fourth-order valence-corrected chi connectivity index (χ4v) is 1.73. The highest BCUT2D eigenvalue weighted by molar-refractivity contribution is 5.95. The molecule has 0 fully saturated rings. The number of methoxy groups -OCH3 is 1. The molecule has 112 valence electrons. The molecule has 0 aromatic heterocycles. The molecule has 4 nitrogen and oxygen atoms in total. The maximum Gasteiger partial charge on any atom is 0.162 e. The Bertz CT molecular complexity index is 351. The van der Waals surface area contributed by atoms with Gasteiger partial charge in [-0.3, -0.25) is 4.79 Å². The second-order valence-corrected chi connectivity index (χ2v) is 4.46. The quantitative estimate of drug-likeness (QED) is 0.436. The summed E-state index contributed by atoms with van der Waals surface area (Å²) >= 11 is 0. The van der Waals surface area contributed by atoms with E-state index in [1.165, 1.54) is 0 Å². The van der Waals surface area contributed by atoms with Crippen LogP contribution in [0.25, 0.3) is 0 Å². The molecule has 0 spiro atoms. The molecule has 1 rings (SSSR count). The van der Waals surface area contributed by atoms with E-state index in [9.17, 15) is 4.79 Å². The maximum absolute atomic E-state index is 11.8. The molecule has 0 amide bonds. The Morgan fingerprint density at radius 3 is 2.20 bits per heavy atom. The average molecular weight is 280 g/mol. The summed E-state index contributed by atoms with van der Waals surface area (Å²) in [7, 11) is 1.68. The lowest BCUT2D eigenvalue weighted by atomic mass is 10.1. The molecule has 0 heterocycles. The summed E-state index contributed by atoms with van der Waals surface area (Å²) in [6, 6.07) is 9.36. The fraction of sp³-hybridized carbons (Fsp3) is 0.562. The van der Waals surface area contributed by atoms with Gasteiger partial charge in [0.2, 0.25) is 0 Å². The van der Waals surface area contributed by atoms with E-state index in [0.29, 0.717) is 32.8 Å². The fourth-order valence-electron chi connectivity index (χ4n) is 1.73. The minimum absolute atomic E-state index is 0.171. The third kappa shape index (κ3) is 8.04. The van der Waals surface area contributed by atoms with Gasteiger partial charge in [-0.25, -0.2) is 0 Å². The third-order valence-corrected chi connectivity index (χ3v) is 2.80. The molecule has 1 aromatic carbocycles. The zero-order valence-corrected chi connectivity index (χ0v) is 12.2. The number of ether oxygens (including phenoxy) is 3. The van der Waals surface area contributed by atoms with Gasteiger partial charge in [-0.15, -0.1) is 0 Å². The van der Waals surface area contributed by atoms with Gasteiger partial charge in [0.25, 0.3) is 0 Å². The van der Waals surface area contributed by atoms with Crippen LogP contribution in [0.5, 0.6) is 0 Å². The van der Waals surface area contributed by atoms with E-state index in [1.54, 1.807) is 7.11 Å². The Morgan fingerprint density at radius 1 is 0.900 bits per heavy atom. The molecule has 0 atom stereocenters. The SMILES string of the molecule is COCCCOCCOCCCC(=O)c1ccccc1. The first kappa shape index (κ1) is 16.8. The van der Waals surface area contributed by atoms with Crippen LogP contribution in [0, 0.1) is 0 Å². The van der Waals surface area contributed by atoms with Gasteiger partial charge in [0.15, 0.2) is 5.78 Å². The number of carbonyl (C=O) groups is 1. The van der Waals surface area contributed by atoms with Crippen molar-refractivity contribution in [1.82, 2.24) is 0 Å². The van der Waals surface area contributed by atoms with Crippen LogP contribution in [-0.2, 0) is 14.2 Å². The first-order valence-corrected chi connectivity index (χ1v) is 7.07. The molecule has 0 unspecified atom stereocenters. The second kappa shape index (κ2) is 11.6. The van der Waals surface area contributed by atoms with Crippen LogP contribution in [0.3, 0.4) is 0 Å². The lowest BCUT2D eigenvalue weighted by Gasteiger charge is -2.05. The van der Waals surface area contributed by atoms with Crippen molar-refractivity contribution < 1.29 is 19.0 Å². The van der Waals surface area contributed by atoms with Crippen LogP contribution in [-0.4, -0.2) is 45.9 Å². The maximum atomic E-state index is 11.8. The first-order chi connectivity index (χ1) is 9.84. The van der Waals surface area contributed by atoms with Crippen LogP contribution in [0.2, 0.25) is 0 Å². The lowest BCUT2D eigenvalue weighted by Crippen LogP contribution is -2.08. The van der Waals surface area contributed by atoms with E-state index in [0.717, 1.165) is 25.0 Å². The number of carbonyl (C=O) groups excluding carboxylic acids is 1. The summed E-state index contributed by atoms with van der Waals surface area (Å²) in [6.45, 7) is 3.19. The molecule has 0 aliphatic rings. The van der Waals surface area contributed by atoms with Crippen molar-refractivity contribution in [2.75, 3.05) is 40.1 Å². The summed E-state index contributed by atoms with van der Waals surface area (Å²) in [5, 5.41) is 0. The monoisotopic (exact) mass is 280 g/mol. The van der Waals surface area contributed by atoms with Gasteiger partial charge >= 0.3 is 0 Å². The second-order valence-electron chi connectivity index (χ2n) is 4.46. The van der Waals surface area contributed by atoms with Crippen molar-refractivity contribution in [2.45, 2.75) is 19.3 Å². The van der Waals surface area contributed by atoms with Crippen molar-refractivity contribution in [2.24, 2.45) is 0 Å². The molecule has 0 aliphatic carbocycles. The molecule has 4 heteroatoms. The average Bonchev–Trinajstić information content (AvgIpc) is 2.50. The van der Waals surface area contributed by atoms with Crippen LogP contribution in [0.1, 0.15) is 29.6 Å². The Balaban J connectivity index is 1.91. The molecule has 0 N–H and O–H groups in total. The zero-order valence-electron chi connectivity index (χ0n) is 12.2. The van der Waals surface area contributed by atoms with Crippen LogP contribution in [0.15, 0.2) is 30.3 Å². The molecule has 0 bridgehead atoms. The Labute approximate surface area is 121 Å². The minimum Gasteiger partial charge on any atom is -0.385 e. The molecular formula is C16H24O4. The van der Waals surface area contributed by atoms with Gasteiger partial charge in [0, 0.05) is 38.9 Å². The standard InChI is InChI=1S/C16H24O4/c1-18-10-6-12-20-14-13-19-11-5-9-16(17)15-7-3-2-4-8-15/h2-4,7-8H,5-6,9-14H2,1H3. The molecule has 1 aromatic rings. The van der Waals surface area contributed by atoms with Crippen molar-refractivity contribution in [1.29, 1.82) is 0 Å². The highest BCUT2D eigenvalue weighted by Gasteiger charge is 2.03. The van der Waals surface area contributed by atoms with Gasteiger partial charge in [-0.05, 0) is 12.8 Å². The van der Waals surface area contributed by atoms with E-state index in [1.807, 2.05) is 30.3 Å². The Hall–Kier alpha value is -1.23. The minimum atomic E-state index is 0.171. The van der Waals surface area contributed by atoms with E-state index >= 15 is 0 Å².